The smallest absolute Gasteiger partial charge is 0.261 e. The molecule has 1 aromatic rings. The minimum atomic E-state index is 0.0231. The van der Waals surface area contributed by atoms with Crippen LogP contribution in [0.25, 0.3) is 0 Å². The van der Waals surface area contributed by atoms with Gasteiger partial charge in [0.05, 0.1) is 8.66 Å². The molecule has 1 N–H and O–H groups in total. The monoisotopic (exact) mass is 289 g/mol. The highest BCUT2D eigenvalue weighted by atomic mass is 79.9. The zero-order valence-electron chi connectivity index (χ0n) is 9.26. The molecule has 1 heterocycles. The van der Waals surface area contributed by atoms with Crippen molar-refractivity contribution in [3.63, 3.8) is 0 Å². The van der Waals surface area contributed by atoms with E-state index >= 15 is 0 Å². The molecule has 0 atom stereocenters. The normalized spacial score (nSPS) is 11.5. The largest absolute Gasteiger partial charge is 0.351 e. The van der Waals surface area contributed by atoms with Crippen molar-refractivity contribution in [1.29, 1.82) is 0 Å². The van der Waals surface area contributed by atoms with Crippen molar-refractivity contribution in [1.82, 2.24) is 5.32 Å². The summed E-state index contributed by atoms with van der Waals surface area (Å²) in [5.74, 6) is 0.0231. The third-order valence-electron chi connectivity index (χ3n) is 1.96. The highest BCUT2D eigenvalue weighted by molar-refractivity contribution is 9.11. The molecule has 1 amide bonds. The first-order valence-corrected chi connectivity index (χ1v) is 6.53. The average molecular weight is 290 g/mol. The molecule has 15 heavy (non-hydrogen) atoms. The molecule has 0 saturated carbocycles. The van der Waals surface area contributed by atoms with Crippen LogP contribution in [-0.4, -0.2) is 12.5 Å². The summed E-state index contributed by atoms with van der Waals surface area (Å²) < 4.78 is 0.989. The molecule has 0 aromatic carbocycles. The molecule has 0 aliphatic rings. The van der Waals surface area contributed by atoms with Crippen LogP contribution in [0.5, 0.6) is 0 Å². The number of halogens is 1. The first kappa shape index (κ1) is 12.7. The van der Waals surface area contributed by atoms with Crippen molar-refractivity contribution in [2.75, 3.05) is 6.54 Å². The Hall–Kier alpha value is -0.350. The van der Waals surface area contributed by atoms with E-state index in [0.29, 0.717) is 0 Å². The molecule has 0 spiro atoms. The fourth-order valence-electron chi connectivity index (χ4n) is 1.07. The van der Waals surface area contributed by atoms with E-state index in [1.807, 2.05) is 12.1 Å². The number of hydrogen-bond donors (Lipinski definition) is 1. The fourth-order valence-corrected chi connectivity index (χ4v) is 2.38. The number of thiophene rings is 1. The van der Waals surface area contributed by atoms with Crippen LogP contribution < -0.4 is 5.32 Å². The number of rotatable bonds is 3. The summed E-state index contributed by atoms with van der Waals surface area (Å²) in [6.45, 7) is 7.24. The van der Waals surface area contributed by atoms with Crippen molar-refractivity contribution >= 4 is 33.2 Å². The Morgan fingerprint density at radius 2 is 2.13 bits per heavy atom. The minimum Gasteiger partial charge on any atom is -0.351 e. The van der Waals surface area contributed by atoms with Crippen molar-refractivity contribution in [3.05, 3.63) is 20.8 Å². The average Bonchev–Trinajstić information content (AvgIpc) is 2.49. The quantitative estimate of drug-likeness (QED) is 0.904. The lowest BCUT2D eigenvalue weighted by Crippen LogP contribution is -2.26. The predicted octanol–water partition coefficient (Wildman–Crippen LogP) is 3.68. The second-order valence-electron chi connectivity index (χ2n) is 4.67. The predicted molar refractivity (Wildman–Crippen MR) is 68.4 cm³/mol. The lowest BCUT2D eigenvalue weighted by Gasteiger charge is -2.17. The second kappa shape index (κ2) is 5.12. The maximum Gasteiger partial charge on any atom is 0.261 e. The summed E-state index contributed by atoms with van der Waals surface area (Å²) in [7, 11) is 0. The van der Waals surface area contributed by atoms with E-state index in [2.05, 4.69) is 42.0 Å². The van der Waals surface area contributed by atoms with Gasteiger partial charge in [0.2, 0.25) is 0 Å². The van der Waals surface area contributed by atoms with Gasteiger partial charge in [0.15, 0.2) is 0 Å². The van der Waals surface area contributed by atoms with Crippen LogP contribution >= 0.6 is 27.3 Å². The second-order valence-corrected chi connectivity index (χ2v) is 7.13. The van der Waals surface area contributed by atoms with E-state index in [1.165, 1.54) is 11.3 Å². The van der Waals surface area contributed by atoms with Gasteiger partial charge in [-0.05, 0) is 39.9 Å². The first-order valence-electron chi connectivity index (χ1n) is 4.92. The first-order chi connectivity index (χ1) is 6.88. The molecule has 1 aromatic heterocycles. The van der Waals surface area contributed by atoms with E-state index in [-0.39, 0.29) is 11.3 Å². The van der Waals surface area contributed by atoms with Crippen LogP contribution in [0.4, 0.5) is 0 Å². The van der Waals surface area contributed by atoms with Crippen LogP contribution in [0.2, 0.25) is 0 Å². The Morgan fingerprint density at radius 1 is 1.47 bits per heavy atom. The molecule has 2 nitrogen and oxygen atoms in total. The molecular formula is C11H16BrNOS. The highest BCUT2D eigenvalue weighted by Gasteiger charge is 2.12. The number of carbonyl (C=O) groups excluding carboxylic acids is 1. The van der Waals surface area contributed by atoms with E-state index in [1.54, 1.807) is 0 Å². The third-order valence-corrected chi connectivity index (χ3v) is 3.58. The van der Waals surface area contributed by atoms with Crippen LogP contribution in [-0.2, 0) is 0 Å². The summed E-state index contributed by atoms with van der Waals surface area (Å²) in [5.41, 5.74) is 0.267. The number of carbonyl (C=O) groups is 1. The Kier molecular flexibility index (Phi) is 4.34. The fraction of sp³-hybridized carbons (Fsp3) is 0.545. The van der Waals surface area contributed by atoms with Gasteiger partial charge in [0, 0.05) is 6.54 Å². The van der Waals surface area contributed by atoms with Crippen molar-refractivity contribution in [2.24, 2.45) is 5.41 Å². The van der Waals surface area contributed by atoms with Crippen molar-refractivity contribution in [2.45, 2.75) is 27.2 Å². The van der Waals surface area contributed by atoms with Gasteiger partial charge < -0.3 is 5.32 Å². The molecule has 0 aliphatic heterocycles. The molecule has 84 valence electrons. The Morgan fingerprint density at radius 3 is 2.60 bits per heavy atom. The number of hydrogen-bond acceptors (Lipinski definition) is 2. The summed E-state index contributed by atoms with van der Waals surface area (Å²) in [5, 5.41) is 2.92. The van der Waals surface area contributed by atoms with Crippen LogP contribution in [0.1, 0.15) is 36.9 Å². The molecule has 0 unspecified atom stereocenters. The van der Waals surface area contributed by atoms with Gasteiger partial charge in [0.25, 0.3) is 5.91 Å². The standard InChI is InChI=1S/C11H16BrNOS/c1-11(2,3)6-7-13-10(14)8-4-5-9(12)15-8/h4-5H,6-7H2,1-3H3,(H,13,14). The molecule has 0 aliphatic carbocycles. The van der Waals surface area contributed by atoms with E-state index in [9.17, 15) is 4.79 Å². The Bertz CT molecular complexity index is 341. The van der Waals surface area contributed by atoms with E-state index in [4.69, 9.17) is 0 Å². The van der Waals surface area contributed by atoms with E-state index in [0.717, 1.165) is 21.6 Å². The highest BCUT2D eigenvalue weighted by Crippen LogP contribution is 2.22. The minimum absolute atomic E-state index is 0.0231. The lowest BCUT2D eigenvalue weighted by atomic mass is 9.92. The van der Waals surface area contributed by atoms with Gasteiger partial charge in [-0.3, -0.25) is 4.79 Å². The van der Waals surface area contributed by atoms with Gasteiger partial charge in [0.1, 0.15) is 0 Å². The summed E-state index contributed by atoms with van der Waals surface area (Å²) >= 11 is 4.80. The van der Waals surface area contributed by atoms with E-state index < -0.39 is 0 Å². The van der Waals surface area contributed by atoms with Crippen molar-refractivity contribution < 1.29 is 4.79 Å². The molecule has 0 bridgehead atoms. The molecule has 4 heteroatoms. The zero-order valence-corrected chi connectivity index (χ0v) is 11.7. The summed E-state index contributed by atoms with van der Waals surface area (Å²) in [4.78, 5) is 12.4. The Balaban J connectivity index is 2.37. The molecular weight excluding hydrogens is 274 g/mol. The number of amides is 1. The van der Waals surface area contributed by atoms with Gasteiger partial charge in [-0.1, -0.05) is 20.8 Å². The van der Waals surface area contributed by atoms with Gasteiger partial charge in [-0.2, -0.15) is 0 Å². The lowest BCUT2D eigenvalue weighted by molar-refractivity contribution is 0.0953. The third kappa shape index (κ3) is 4.80. The van der Waals surface area contributed by atoms with Gasteiger partial charge in [-0.25, -0.2) is 0 Å². The van der Waals surface area contributed by atoms with Crippen LogP contribution in [0.3, 0.4) is 0 Å². The molecule has 0 saturated heterocycles. The summed E-state index contributed by atoms with van der Waals surface area (Å²) in [6, 6.07) is 3.73. The van der Waals surface area contributed by atoms with Crippen LogP contribution in [0, 0.1) is 5.41 Å². The molecule has 0 fully saturated rings. The maximum atomic E-state index is 11.6. The molecule has 1 rings (SSSR count). The van der Waals surface area contributed by atoms with Gasteiger partial charge >= 0.3 is 0 Å². The maximum absolute atomic E-state index is 11.6. The van der Waals surface area contributed by atoms with Crippen molar-refractivity contribution in [3.8, 4) is 0 Å². The number of nitrogens with one attached hydrogen (secondary N) is 1. The topological polar surface area (TPSA) is 29.1 Å². The Labute approximate surface area is 103 Å². The van der Waals surface area contributed by atoms with Crippen LogP contribution in [0.15, 0.2) is 15.9 Å². The summed E-state index contributed by atoms with van der Waals surface area (Å²) in [6.07, 6.45) is 0.991. The zero-order chi connectivity index (χ0) is 11.5. The van der Waals surface area contributed by atoms with Gasteiger partial charge in [-0.15, -0.1) is 11.3 Å². The molecule has 0 radical (unpaired) electrons. The SMILES string of the molecule is CC(C)(C)CCNC(=O)c1ccc(Br)s1.